The molecule has 0 N–H and O–H groups in total. The maximum atomic E-state index is 6.01. The van der Waals surface area contributed by atoms with Crippen LogP contribution in [-0.2, 0) is 29.0 Å². The molecule has 4 unspecified atom stereocenters. The summed E-state index contributed by atoms with van der Waals surface area (Å²) in [6.07, 6.45) is 63.0. The summed E-state index contributed by atoms with van der Waals surface area (Å²) in [5, 5.41) is 0. The summed E-state index contributed by atoms with van der Waals surface area (Å²) >= 11 is 0. The lowest BCUT2D eigenvalue weighted by molar-refractivity contribution is -0.339. The Morgan fingerprint density at radius 2 is 0.636 bits per heavy atom. The van der Waals surface area contributed by atoms with Crippen LogP contribution < -0.4 is 0 Å². The first-order valence-corrected chi connectivity index (χ1v) is 29.2. The van der Waals surface area contributed by atoms with Crippen molar-refractivity contribution in [1.29, 1.82) is 0 Å². The standard InChI is InChI=1S/C60H116O6/c1-7-10-13-36-45-57(4)48-39-30-24-18-16-21-28-34-43-52-63-65-54-60(62-56-61-51-42-33-27-23-20-26-32-41-50-59(6)47-38-15-12-9-3)55-66-64-53-44-35-29-22-17-19-25-31-40-49-58(5)46-37-14-11-8-2/h30-32,39-41,57-60H,7-29,33-38,42-56H2,1-6H3/b39-30-,40-31?,41-32?. The molecule has 0 rings (SSSR count). The van der Waals surface area contributed by atoms with Gasteiger partial charge in [0.15, 0.2) is 0 Å². The van der Waals surface area contributed by atoms with Crippen LogP contribution in [0, 0.1) is 17.8 Å². The molecule has 0 aromatic carbocycles. The van der Waals surface area contributed by atoms with Crippen LogP contribution in [0.4, 0.5) is 0 Å². The van der Waals surface area contributed by atoms with Crippen molar-refractivity contribution in [2.75, 3.05) is 39.8 Å². The maximum Gasteiger partial charge on any atom is 0.147 e. The molecule has 0 saturated heterocycles. The molecule has 6 heteroatoms. The second-order valence-corrected chi connectivity index (χ2v) is 20.4. The van der Waals surface area contributed by atoms with E-state index in [0.717, 1.165) is 37.0 Å². The Morgan fingerprint density at radius 3 is 1.00 bits per heavy atom. The molecule has 0 aromatic heterocycles. The van der Waals surface area contributed by atoms with E-state index in [1.165, 1.54) is 225 Å². The first-order chi connectivity index (χ1) is 32.5. The molecule has 0 aromatic rings. The highest BCUT2D eigenvalue weighted by atomic mass is 17.2. The van der Waals surface area contributed by atoms with E-state index < -0.39 is 0 Å². The van der Waals surface area contributed by atoms with Gasteiger partial charge in [-0.3, -0.25) is 0 Å². The van der Waals surface area contributed by atoms with E-state index in [9.17, 15) is 0 Å². The van der Waals surface area contributed by atoms with Crippen molar-refractivity contribution in [2.45, 2.75) is 292 Å². The van der Waals surface area contributed by atoms with Crippen molar-refractivity contribution >= 4 is 0 Å². The molecule has 0 fully saturated rings. The second-order valence-electron chi connectivity index (χ2n) is 20.4. The number of rotatable bonds is 56. The zero-order chi connectivity index (χ0) is 47.9. The van der Waals surface area contributed by atoms with E-state index in [4.69, 9.17) is 29.0 Å². The molecule has 392 valence electrons. The molecule has 0 heterocycles. The first kappa shape index (κ1) is 65.0. The van der Waals surface area contributed by atoms with Gasteiger partial charge in [0.25, 0.3) is 0 Å². The molecular formula is C60H116O6. The van der Waals surface area contributed by atoms with Crippen molar-refractivity contribution in [3.63, 3.8) is 0 Å². The number of ether oxygens (including phenoxy) is 2. The lowest BCUT2D eigenvalue weighted by atomic mass is 9.99. The summed E-state index contributed by atoms with van der Waals surface area (Å²) < 4.78 is 11.9. The minimum atomic E-state index is -0.312. The molecule has 0 spiro atoms. The Morgan fingerprint density at radius 1 is 0.318 bits per heavy atom. The molecule has 0 radical (unpaired) electrons. The van der Waals surface area contributed by atoms with Gasteiger partial charge in [0.05, 0.1) is 13.2 Å². The van der Waals surface area contributed by atoms with E-state index in [-0.39, 0.29) is 26.1 Å². The van der Waals surface area contributed by atoms with E-state index in [2.05, 4.69) is 78.0 Å². The lowest BCUT2D eigenvalue weighted by Crippen LogP contribution is -2.27. The van der Waals surface area contributed by atoms with Gasteiger partial charge in [-0.05, 0) is 94.8 Å². The average Bonchev–Trinajstić information content (AvgIpc) is 3.31. The Labute approximate surface area is 413 Å². The third-order valence-corrected chi connectivity index (χ3v) is 13.2. The molecule has 6 nitrogen and oxygen atoms in total. The van der Waals surface area contributed by atoms with Crippen molar-refractivity contribution in [3.05, 3.63) is 36.5 Å². The minimum absolute atomic E-state index is 0.223. The Bertz CT molecular complexity index is 930. The molecular weight excluding hydrogens is 817 g/mol. The summed E-state index contributed by atoms with van der Waals surface area (Å²) in [6, 6.07) is 0. The quantitative estimate of drug-likeness (QED) is 0.0199. The predicted molar refractivity (Wildman–Crippen MR) is 287 cm³/mol. The molecule has 0 aliphatic heterocycles. The monoisotopic (exact) mass is 933 g/mol. The second kappa shape index (κ2) is 56.6. The average molecular weight is 934 g/mol. The van der Waals surface area contributed by atoms with Crippen LogP contribution in [0.5, 0.6) is 0 Å². The number of hydrogen-bond donors (Lipinski definition) is 0. The number of allylic oxidation sites excluding steroid dienone is 6. The summed E-state index contributed by atoms with van der Waals surface area (Å²) in [4.78, 5) is 22.3. The predicted octanol–water partition coefficient (Wildman–Crippen LogP) is 19.7. The van der Waals surface area contributed by atoms with Gasteiger partial charge < -0.3 is 9.47 Å². The third-order valence-electron chi connectivity index (χ3n) is 13.2. The van der Waals surface area contributed by atoms with Gasteiger partial charge >= 0.3 is 0 Å². The van der Waals surface area contributed by atoms with Gasteiger partial charge in [-0.15, -0.1) is 0 Å². The van der Waals surface area contributed by atoms with Gasteiger partial charge in [-0.1, -0.05) is 245 Å². The van der Waals surface area contributed by atoms with E-state index in [1.807, 2.05) is 0 Å². The Balaban J connectivity index is 4.16. The van der Waals surface area contributed by atoms with Gasteiger partial charge in [0.1, 0.15) is 26.1 Å². The molecule has 0 aliphatic carbocycles. The van der Waals surface area contributed by atoms with Crippen molar-refractivity contribution < 1.29 is 29.0 Å². The lowest BCUT2D eigenvalue weighted by Gasteiger charge is -2.17. The summed E-state index contributed by atoms with van der Waals surface area (Å²) in [5.74, 6) is 2.47. The fourth-order valence-electron chi connectivity index (χ4n) is 8.42. The largest absolute Gasteiger partial charge is 0.355 e. The molecule has 0 amide bonds. The SMILES string of the molecule is CCCCCCC(C)CC=CCCCCCCCCOOCC(COOCCCCCCCC/C=C\CC(C)CCCCCC)OCOCCCCCCCC=CCC(C)CCCCCC. The van der Waals surface area contributed by atoms with Crippen LogP contribution in [-0.4, -0.2) is 45.9 Å². The smallest absolute Gasteiger partial charge is 0.147 e. The molecule has 66 heavy (non-hydrogen) atoms. The van der Waals surface area contributed by atoms with E-state index >= 15 is 0 Å². The Hall–Kier alpha value is -1.02. The van der Waals surface area contributed by atoms with Gasteiger partial charge in [0, 0.05) is 6.61 Å². The van der Waals surface area contributed by atoms with Gasteiger partial charge in [-0.25, -0.2) is 19.6 Å². The Kier molecular flexibility index (Phi) is 55.7. The fourth-order valence-corrected chi connectivity index (χ4v) is 8.42. The van der Waals surface area contributed by atoms with Crippen LogP contribution in [0.15, 0.2) is 36.5 Å². The molecule has 0 aliphatic rings. The number of unbranched alkanes of at least 4 members (excludes halogenated alkanes) is 26. The van der Waals surface area contributed by atoms with Crippen molar-refractivity contribution in [3.8, 4) is 0 Å². The third kappa shape index (κ3) is 53.9. The summed E-state index contributed by atoms with van der Waals surface area (Å²) in [6.45, 7) is 16.8. The molecule has 0 bridgehead atoms. The van der Waals surface area contributed by atoms with Crippen LogP contribution >= 0.6 is 0 Å². The summed E-state index contributed by atoms with van der Waals surface area (Å²) in [7, 11) is 0. The normalized spacial score (nSPS) is 14.1. The van der Waals surface area contributed by atoms with Crippen molar-refractivity contribution in [2.24, 2.45) is 17.8 Å². The maximum absolute atomic E-state index is 6.01. The molecule has 0 saturated carbocycles. The summed E-state index contributed by atoms with van der Waals surface area (Å²) in [5.41, 5.74) is 0. The highest BCUT2D eigenvalue weighted by molar-refractivity contribution is 4.85. The fraction of sp³-hybridized carbons (Fsp3) is 0.900. The van der Waals surface area contributed by atoms with Gasteiger partial charge in [0.2, 0.25) is 0 Å². The number of hydrogen-bond acceptors (Lipinski definition) is 6. The van der Waals surface area contributed by atoms with E-state index in [0.29, 0.717) is 19.8 Å². The zero-order valence-corrected chi connectivity index (χ0v) is 45.3. The van der Waals surface area contributed by atoms with Crippen LogP contribution in [0.25, 0.3) is 0 Å². The zero-order valence-electron chi connectivity index (χ0n) is 45.3. The van der Waals surface area contributed by atoms with E-state index in [1.54, 1.807) is 0 Å². The minimum Gasteiger partial charge on any atom is -0.355 e. The van der Waals surface area contributed by atoms with Gasteiger partial charge in [-0.2, -0.15) is 0 Å². The topological polar surface area (TPSA) is 55.4 Å². The highest BCUT2D eigenvalue weighted by Crippen LogP contribution is 2.18. The first-order valence-electron chi connectivity index (χ1n) is 29.2. The van der Waals surface area contributed by atoms with Crippen LogP contribution in [0.1, 0.15) is 286 Å². The van der Waals surface area contributed by atoms with Crippen LogP contribution in [0.2, 0.25) is 0 Å². The highest BCUT2D eigenvalue weighted by Gasteiger charge is 2.12. The van der Waals surface area contributed by atoms with Crippen molar-refractivity contribution in [1.82, 2.24) is 0 Å². The van der Waals surface area contributed by atoms with Crippen LogP contribution in [0.3, 0.4) is 0 Å². The molecule has 4 atom stereocenters.